The number of aromatic nitrogens is 1. The van der Waals surface area contributed by atoms with Crippen molar-refractivity contribution in [2.24, 2.45) is 0 Å². The highest BCUT2D eigenvalue weighted by Gasteiger charge is 2.34. The van der Waals surface area contributed by atoms with E-state index in [-0.39, 0.29) is 12.6 Å². The Bertz CT molecular complexity index is 875. The molecular weight excluding hydrogens is 361 g/mol. The molecule has 2 aliphatic rings. The Morgan fingerprint density at radius 1 is 1.35 bits per heavy atom. The van der Waals surface area contributed by atoms with Crippen LogP contribution in [0.3, 0.4) is 0 Å². The monoisotopic (exact) mass is 375 g/mol. The summed E-state index contributed by atoms with van der Waals surface area (Å²) in [5.41, 5.74) is 1.94. The first kappa shape index (κ1) is 15.5. The predicted octanol–water partition coefficient (Wildman–Crippen LogP) is 3.13. The van der Waals surface area contributed by atoms with Crippen LogP contribution in [0.1, 0.15) is 18.4 Å². The molecule has 2 N–H and O–H groups in total. The van der Waals surface area contributed by atoms with Crippen LogP contribution in [-0.4, -0.2) is 37.0 Å². The molecule has 23 heavy (non-hydrogen) atoms. The number of fused-ring (bicyclic) bond motifs is 3. The van der Waals surface area contributed by atoms with Crippen LogP contribution < -0.4 is 4.72 Å². The largest absolute Gasteiger partial charge is 0.377 e. The number of anilines is 1. The molecule has 1 aromatic carbocycles. The van der Waals surface area contributed by atoms with Crippen LogP contribution in [0, 0.1) is 0 Å². The summed E-state index contributed by atoms with van der Waals surface area (Å²) < 4.78 is 34.7. The first-order valence-corrected chi connectivity index (χ1v) is 9.53. The average molecular weight is 376 g/mol. The summed E-state index contributed by atoms with van der Waals surface area (Å²) in [5, 5.41) is 1.60. The van der Waals surface area contributed by atoms with Crippen molar-refractivity contribution in [3.05, 3.63) is 27.9 Å². The first-order valence-electron chi connectivity index (χ1n) is 7.33. The van der Waals surface area contributed by atoms with E-state index in [1.807, 2.05) is 0 Å². The third-order valence-corrected chi connectivity index (χ3v) is 6.31. The Labute approximate surface area is 143 Å². The number of H-pyrrole nitrogens is 1. The van der Waals surface area contributed by atoms with Crippen molar-refractivity contribution in [3.63, 3.8) is 0 Å². The molecule has 1 fully saturated rings. The lowest BCUT2D eigenvalue weighted by molar-refractivity contribution is 0.0925. The zero-order valence-electron chi connectivity index (χ0n) is 12.1. The minimum atomic E-state index is -3.62. The summed E-state index contributed by atoms with van der Waals surface area (Å²) in [4.78, 5) is 3.00. The normalized spacial score (nSPS) is 23.8. The van der Waals surface area contributed by atoms with Gasteiger partial charge in [-0.2, -0.15) is 12.7 Å². The second kappa shape index (κ2) is 5.53. The Hall–Kier alpha value is -0.990. The molecule has 0 spiro atoms. The second-order valence-electron chi connectivity index (χ2n) is 5.81. The van der Waals surface area contributed by atoms with Gasteiger partial charge in [-0.05, 0) is 24.5 Å². The van der Waals surface area contributed by atoms with Gasteiger partial charge in [0.25, 0.3) is 0 Å². The summed E-state index contributed by atoms with van der Waals surface area (Å²) in [6, 6.07) is 1.77. The lowest BCUT2D eigenvalue weighted by Crippen LogP contribution is -2.43. The van der Waals surface area contributed by atoms with E-state index in [0.717, 1.165) is 18.4 Å². The lowest BCUT2D eigenvalue weighted by atomic mass is 10.1. The number of benzene rings is 1. The van der Waals surface area contributed by atoms with Crippen LogP contribution in [0.15, 0.2) is 12.3 Å². The molecule has 1 unspecified atom stereocenters. The maximum Gasteiger partial charge on any atom is 0.302 e. The number of rotatable bonds is 2. The van der Waals surface area contributed by atoms with Crippen LogP contribution in [0.4, 0.5) is 5.69 Å². The van der Waals surface area contributed by atoms with Crippen molar-refractivity contribution >= 4 is 50.0 Å². The highest BCUT2D eigenvalue weighted by molar-refractivity contribution is 7.90. The summed E-state index contributed by atoms with van der Waals surface area (Å²) in [7, 11) is -3.62. The standard InChI is InChI=1S/C14H15Cl2N3O3S/c15-10-4-8-6-19(7-9-2-1-3-22-9)23(20,21)18-13(8)14-12(10)11(16)5-17-14/h4-5,9,17-18H,1-3,6-7H2. The summed E-state index contributed by atoms with van der Waals surface area (Å²) in [6.07, 6.45) is 3.40. The number of hydrogen-bond acceptors (Lipinski definition) is 3. The third kappa shape index (κ3) is 2.60. The van der Waals surface area contributed by atoms with Crippen LogP contribution in [-0.2, 0) is 21.5 Å². The minimum absolute atomic E-state index is 0.0488. The van der Waals surface area contributed by atoms with Crippen molar-refractivity contribution in [1.29, 1.82) is 0 Å². The molecular formula is C14H15Cl2N3O3S. The molecule has 9 heteroatoms. The predicted molar refractivity (Wildman–Crippen MR) is 90.2 cm³/mol. The van der Waals surface area contributed by atoms with Crippen LogP contribution >= 0.6 is 23.2 Å². The first-order chi connectivity index (χ1) is 11.0. The maximum absolute atomic E-state index is 12.5. The zero-order chi connectivity index (χ0) is 16.2. The van der Waals surface area contributed by atoms with Gasteiger partial charge >= 0.3 is 10.2 Å². The van der Waals surface area contributed by atoms with Crippen molar-refractivity contribution in [1.82, 2.24) is 9.29 Å². The Balaban J connectivity index is 1.76. The topological polar surface area (TPSA) is 74.4 Å². The summed E-state index contributed by atoms with van der Waals surface area (Å²) in [6.45, 7) is 1.29. The van der Waals surface area contributed by atoms with E-state index in [0.29, 0.717) is 39.8 Å². The van der Waals surface area contributed by atoms with Crippen molar-refractivity contribution in [3.8, 4) is 0 Å². The Kier molecular flexibility index (Phi) is 3.73. The molecule has 4 rings (SSSR count). The molecule has 0 amide bonds. The van der Waals surface area contributed by atoms with Gasteiger partial charge < -0.3 is 9.72 Å². The Morgan fingerprint density at radius 3 is 2.91 bits per heavy atom. The smallest absolute Gasteiger partial charge is 0.302 e. The van der Waals surface area contributed by atoms with Gasteiger partial charge in [-0.15, -0.1) is 0 Å². The molecule has 0 aliphatic carbocycles. The zero-order valence-corrected chi connectivity index (χ0v) is 14.4. The fraction of sp³-hybridized carbons (Fsp3) is 0.429. The lowest BCUT2D eigenvalue weighted by Gasteiger charge is -2.31. The molecule has 0 saturated carbocycles. The maximum atomic E-state index is 12.5. The molecule has 3 heterocycles. The molecule has 0 bridgehead atoms. The number of ether oxygens (including phenoxy) is 1. The van der Waals surface area contributed by atoms with Gasteiger partial charge in [0.15, 0.2) is 0 Å². The van der Waals surface area contributed by atoms with E-state index in [1.165, 1.54) is 4.31 Å². The highest BCUT2D eigenvalue weighted by atomic mass is 35.5. The fourth-order valence-corrected chi connectivity index (χ4v) is 5.09. The van der Waals surface area contributed by atoms with E-state index in [9.17, 15) is 8.42 Å². The SMILES string of the molecule is O=S1(=O)Nc2c(cc(Cl)c3c(Cl)c[nH]c23)CN1CC1CCCO1. The molecule has 0 radical (unpaired) electrons. The average Bonchev–Trinajstić information content (AvgIpc) is 3.11. The molecule has 2 aliphatic heterocycles. The number of halogens is 2. The van der Waals surface area contributed by atoms with Crippen LogP contribution in [0.2, 0.25) is 10.0 Å². The van der Waals surface area contributed by atoms with Gasteiger partial charge in [-0.25, -0.2) is 0 Å². The molecule has 1 atom stereocenters. The highest BCUT2D eigenvalue weighted by Crippen LogP contribution is 2.40. The van der Waals surface area contributed by atoms with Crippen LogP contribution in [0.25, 0.3) is 10.9 Å². The molecule has 2 aromatic rings. The molecule has 1 saturated heterocycles. The van der Waals surface area contributed by atoms with Gasteiger partial charge in [-0.1, -0.05) is 23.2 Å². The van der Waals surface area contributed by atoms with E-state index in [4.69, 9.17) is 27.9 Å². The quantitative estimate of drug-likeness (QED) is 0.846. The van der Waals surface area contributed by atoms with Crippen molar-refractivity contribution in [2.75, 3.05) is 17.9 Å². The van der Waals surface area contributed by atoms with Gasteiger partial charge in [0, 0.05) is 31.3 Å². The fourth-order valence-electron chi connectivity index (χ4n) is 3.18. The van der Waals surface area contributed by atoms with Gasteiger partial charge in [-0.3, -0.25) is 4.72 Å². The van der Waals surface area contributed by atoms with Crippen molar-refractivity contribution < 1.29 is 13.2 Å². The summed E-state index contributed by atoms with van der Waals surface area (Å²) >= 11 is 12.4. The number of nitrogens with zero attached hydrogens (tertiary/aromatic N) is 1. The number of nitrogens with one attached hydrogen (secondary N) is 2. The Morgan fingerprint density at radius 2 is 2.17 bits per heavy atom. The van der Waals surface area contributed by atoms with E-state index in [2.05, 4.69) is 9.71 Å². The molecule has 1 aromatic heterocycles. The van der Waals surface area contributed by atoms with E-state index in [1.54, 1.807) is 12.3 Å². The third-order valence-electron chi connectivity index (χ3n) is 4.29. The van der Waals surface area contributed by atoms with Gasteiger partial charge in [0.05, 0.1) is 27.4 Å². The number of aromatic amines is 1. The van der Waals surface area contributed by atoms with Gasteiger partial charge in [0.2, 0.25) is 0 Å². The van der Waals surface area contributed by atoms with Gasteiger partial charge in [0.1, 0.15) is 0 Å². The second-order valence-corrected chi connectivity index (χ2v) is 8.30. The summed E-state index contributed by atoms with van der Waals surface area (Å²) in [5.74, 6) is 0. The number of hydrogen-bond donors (Lipinski definition) is 2. The van der Waals surface area contributed by atoms with E-state index >= 15 is 0 Å². The molecule has 6 nitrogen and oxygen atoms in total. The van der Waals surface area contributed by atoms with Crippen LogP contribution in [0.5, 0.6) is 0 Å². The van der Waals surface area contributed by atoms with E-state index < -0.39 is 10.2 Å². The van der Waals surface area contributed by atoms with Crippen molar-refractivity contribution in [2.45, 2.75) is 25.5 Å². The molecule has 124 valence electrons. The minimum Gasteiger partial charge on any atom is -0.377 e.